The molecule has 0 fully saturated rings. The number of amides is 1. The molecule has 0 aliphatic heterocycles. The molecular weight excluding hydrogens is 264 g/mol. The van der Waals surface area contributed by atoms with E-state index in [1.807, 2.05) is 0 Å². The number of rotatable bonds is 8. The van der Waals surface area contributed by atoms with E-state index in [2.05, 4.69) is 5.32 Å². The number of primary amides is 1. The minimum Gasteiger partial charge on any atom is -0.493 e. The first-order valence-corrected chi connectivity index (χ1v) is 6.09. The predicted molar refractivity (Wildman–Crippen MR) is 72.6 cm³/mol. The van der Waals surface area contributed by atoms with Crippen LogP contribution in [0.4, 0.5) is 0 Å². The molecule has 1 amide bonds. The van der Waals surface area contributed by atoms with E-state index in [0.717, 1.165) is 0 Å². The van der Waals surface area contributed by atoms with Crippen LogP contribution in [0.2, 0.25) is 0 Å². The van der Waals surface area contributed by atoms with Crippen molar-refractivity contribution in [3.05, 3.63) is 23.8 Å². The average molecular weight is 284 g/mol. The Balaban J connectivity index is 2.88. The third kappa shape index (κ3) is 4.37. The third-order valence-electron chi connectivity index (χ3n) is 2.68. The van der Waals surface area contributed by atoms with Crippen molar-refractivity contribution < 1.29 is 24.5 Å². The van der Waals surface area contributed by atoms with Gasteiger partial charge in [0.15, 0.2) is 18.1 Å². The lowest BCUT2D eigenvalue weighted by molar-refractivity contribution is -0.119. The zero-order chi connectivity index (χ0) is 15.1. The Bertz CT molecular complexity index is 452. The Kier molecular flexibility index (Phi) is 6.23. The maximum absolute atomic E-state index is 10.7. The number of hydrogen-bond donors (Lipinski definition) is 4. The van der Waals surface area contributed by atoms with Crippen LogP contribution < -0.4 is 20.5 Å². The van der Waals surface area contributed by atoms with Gasteiger partial charge in [0.25, 0.3) is 5.91 Å². The number of aliphatic hydroxyl groups is 2. The topological polar surface area (TPSA) is 114 Å². The normalized spacial score (nSPS) is 13.6. The Morgan fingerprint density at radius 3 is 2.65 bits per heavy atom. The molecule has 0 aromatic heterocycles. The van der Waals surface area contributed by atoms with Gasteiger partial charge in [-0.25, -0.2) is 0 Å². The molecule has 0 aliphatic carbocycles. The summed E-state index contributed by atoms with van der Waals surface area (Å²) in [6, 6.07) is 4.68. The number of benzene rings is 1. The molecule has 0 saturated carbocycles. The lowest BCUT2D eigenvalue weighted by atomic mass is 10.0. The highest BCUT2D eigenvalue weighted by Gasteiger charge is 2.19. The van der Waals surface area contributed by atoms with E-state index in [1.54, 1.807) is 25.2 Å². The maximum atomic E-state index is 10.7. The number of nitrogens with two attached hydrogens (primary N) is 1. The van der Waals surface area contributed by atoms with E-state index < -0.39 is 18.1 Å². The third-order valence-corrected chi connectivity index (χ3v) is 2.68. The molecule has 1 aromatic carbocycles. The fourth-order valence-corrected chi connectivity index (χ4v) is 1.68. The van der Waals surface area contributed by atoms with Crippen LogP contribution in [0.5, 0.6) is 11.5 Å². The van der Waals surface area contributed by atoms with Crippen molar-refractivity contribution in [3.63, 3.8) is 0 Å². The molecule has 7 nitrogen and oxygen atoms in total. The van der Waals surface area contributed by atoms with Crippen LogP contribution >= 0.6 is 0 Å². The standard InChI is InChI=1S/C13H20N2O5/c1-15-6-9(16)13(18)8-3-4-10(11(5-8)19-2)20-7-12(14)17/h3-5,9,13,15-16,18H,6-7H2,1-2H3,(H2,14,17). The molecule has 0 spiro atoms. The summed E-state index contributed by atoms with van der Waals surface area (Å²) in [6.07, 6.45) is -2.00. The van der Waals surface area contributed by atoms with Crippen molar-refractivity contribution in [1.82, 2.24) is 5.32 Å². The molecule has 0 bridgehead atoms. The van der Waals surface area contributed by atoms with Crippen molar-refractivity contribution in [2.75, 3.05) is 27.3 Å². The van der Waals surface area contributed by atoms with Crippen molar-refractivity contribution >= 4 is 5.91 Å². The number of likely N-dealkylation sites (N-methyl/N-ethyl adjacent to an activating group) is 1. The molecule has 0 saturated heterocycles. The first kappa shape index (κ1) is 16.2. The molecule has 1 aromatic rings. The summed E-state index contributed by atoms with van der Waals surface area (Å²) in [5, 5.41) is 22.5. The Morgan fingerprint density at radius 2 is 2.10 bits per heavy atom. The summed E-state index contributed by atoms with van der Waals surface area (Å²) in [7, 11) is 3.12. The Hall–Kier alpha value is -1.83. The second-order valence-electron chi connectivity index (χ2n) is 4.24. The quantitative estimate of drug-likeness (QED) is 0.495. The van der Waals surface area contributed by atoms with E-state index >= 15 is 0 Å². The highest BCUT2D eigenvalue weighted by Crippen LogP contribution is 2.31. The minimum atomic E-state index is -1.05. The number of aliphatic hydroxyl groups excluding tert-OH is 2. The summed E-state index contributed by atoms with van der Waals surface area (Å²) < 4.78 is 10.3. The molecule has 1 rings (SSSR count). The summed E-state index contributed by atoms with van der Waals surface area (Å²) in [5.74, 6) is 0.0884. The van der Waals surface area contributed by atoms with Crippen molar-refractivity contribution in [1.29, 1.82) is 0 Å². The monoisotopic (exact) mass is 284 g/mol. The molecular formula is C13H20N2O5. The molecule has 0 radical (unpaired) electrons. The lowest BCUT2D eigenvalue weighted by Crippen LogP contribution is -2.29. The number of carbonyl (C=O) groups is 1. The molecule has 5 N–H and O–H groups in total. The van der Waals surface area contributed by atoms with Gasteiger partial charge in [0.2, 0.25) is 0 Å². The van der Waals surface area contributed by atoms with E-state index in [0.29, 0.717) is 17.1 Å². The largest absolute Gasteiger partial charge is 0.493 e. The summed E-state index contributed by atoms with van der Waals surface area (Å²) in [4.78, 5) is 10.7. The van der Waals surface area contributed by atoms with E-state index in [1.165, 1.54) is 7.11 Å². The van der Waals surface area contributed by atoms with Crippen LogP contribution in [-0.2, 0) is 4.79 Å². The summed E-state index contributed by atoms with van der Waals surface area (Å²) >= 11 is 0. The van der Waals surface area contributed by atoms with Gasteiger partial charge < -0.3 is 30.7 Å². The van der Waals surface area contributed by atoms with E-state index in [-0.39, 0.29) is 13.2 Å². The van der Waals surface area contributed by atoms with Crippen LogP contribution in [0, 0.1) is 0 Å². The van der Waals surface area contributed by atoms with Crippen molar-refractivity contribution in [3.8, 4) is 11.5 Å². The maximum Gasteiger partial charge on any atom is 0.255 e. The molecule has 112 valence electrons. The van der Waals surface area contributed by atoms with Gasteiger partial charge in [0.1, 0.15) is 6.10 Å². The SMILES string of the molecule is CNCC(O)C(O)c1ccc(OCC(N)=O)c(OC)c1. The molecule has 7 heteroatoms. The summed E-state index contributed by atoms with van der Waals surface area (Å²) in [5.41, 5.74) is 5.48. The smallest absolute Gasteiger partial charge is 0.255 e. The van der Waals surface area contributed by atoms with Crippen LogP contribution in [0.15, 0.2) is 18.2 Å². The Morgan fingerprint density at radius 1 is 1.40 bits per heavy atom. The number of hydrogen-bond acceptors (Lipinski definition) is 6. The number of nitrogens with one attached hydrogen (secondary N) is 1. The van der Waals surface area contributed by atoms with Crippen LogP contribution in [0.3, 0.4) is 0 Å². The zero-order valence-corrected chi connectivity index (χ0v) is 11.5. The minimum absolute atomic E-state index is 0.253. The fraction of sp³-hybridized carbons (Fsp3) is 0.462. The molecule has 20 heavy (non-hydrogen) atoms. The first-order chi connectivity index (χ1) is 9.49. The number of methoxy groups -OCH3 is 1. The molecule has 0 aliphatic rings. The van der Waals surface area contributed by atoms with Gasteiger partial charge in [-0.15, -0.1) is 0 Å². The van der Waals surface area contributed by atoms with Crippen molar-refractivity contribution in [2.45, 2.75) is 12.2 Å². The van der Waals surface area contributed by atoms with E-state index in [4.69, 9.17) is 15.2 Å². The Labute approximate surface area is 117 Å². The lowest BCUT2D eigenvalue weighted by Gasteiger charge is -2.19. The summed E-state index contributed by atoms with van der Waals surface area (Å²) in [6.45, 7) is -0.00987. The average Bonchev–Trinajstić information content (AvgIpc) is 2.44. The predicted octanol–water partition coefficient (Wildman–Crippen LogP) is -0.827. The number of carbonyl (C=O) groups excluding carboxylic acids is 1. The van der Waals surface area contributed by atoms with Gasteiger partial charge in [-0.1, -0.05) is 6.07 Å². The zero-order valence-electron chi connectivity index (χ0n) is 11.5. The van der Waals surface area contributed by atoms with Crippen LogP contribution in [0.1, 0.15) is 11.7 Å². The van der Waals surface area contributed by atoms with Gasteiger partial charge in [0, 0.05) is 6.54 Å². The van der Waals surface area contributed by atoms with E-state index in [9.17, 15) is 15.0 Å². The van der Waals surface area contributed by atoms with Gasteiger partial charge in [-0.05, 0) is 24.7 Å². The van der Waals surface area contributed by atoms with Gasteiger partial charge >= 0.3 is 0 Å². The number of ether oxygens (including phenoxy) is 2. The van der Waals surface area contributed by atoms with Crippen LogP contribution in [0.25, 0.3) is 0 Å². The van der Waals surface area contributed by atoms with Gasteiger partial charge in [-0.3, -0.25) is 4.79 Å². The van der Waals surface area contributed by atoms with Crippen molar-refractivity contribution in [2.24, 2.45) is 5.73 Å². The molecule has 2 atom stereocenters. The molecule has 2 unspecified atom stereocenters. The van der Waals surface area contributed by atoms with Gasteiger partial charge in [0.05, 0.1) is 13.2 Å². The van der Waals surface area contributed by atoms with Gasteiger partial charge in [-0.2, -0.15) is 0 Å². The fourth-order valence-electron chi connectivity index (χ4n) is 1.68. The molecule has 0 heterocycles. The highest BCUT2D eigenvalue weighted by molar-refractivity contribution is 5.75. The first-order valence-electron chi connectivity index (χ1n) is 6.09. The second-order valence-corrected chi connectivity index (χ2v) is 4.24. The second kappa shape index (κ2) is 7.68. The van der Waals surface area contributed by atoms with Crippen LogP contribution in [-0.4, -0.2) is 49.5 Å². The highest BCUT2D eigenvalue weighted by atomic mass is 16.5.